The number of benzene rings is 1. The van der Waals surface area contributed by atoms with Crippen LogP contribution in [-0.4, -0.2) is 7.05 Å². The van der Waals surface area contributed by atoms with E-state index in [9.17, 15) is 0 Å². The maximum Gasteiger partial charge on any atom is 0.0438 e. The summed E-state index contributed by atoms with van der Waals surface area (Å²) in [6.45, 7) is 15.1. The molecule has 17 heavy (non-hydrogen) atoms. The fourth-order valence-corrected chi connectivity index (χ4v) is 1.89. The highest BCUT2D eigenvalue weighted by atomic mass is 15.1. The molecule has 0 amide bonds. The van der Waals surface area contributed by atoms with Crippen molar-refractivity contribution in [2.24, 2.45) is 5.92 Å². The highest BCUT2D eigenvalue weighted by Gasteiger charge is 2.12. The minimum Gasteiger partial charge on any atom is -0.348 e. The van der Waals surface area contributed by atoms with Crippen LogP contribution in [0.3, 0.4) is 0 Å². The molecule has 0 aliphatic rings. The van der Waals surface area contributed by atoms with E-state index < -0.39 is 0 Å². The summed E-state index contributed by atoms with van der Waals surface area (Å²) in [5.74, 6) is 1.04. The van der Waals surface area contributed by atoms with Gasteiger partial charge in [0, 0.05) is 18.4 Å². The van der Waals surface area contributed by atoms with E-state index in [2.05, 4.69) is 71.3 Å². The molecule has 0 radical (unpaired) electrons. The molecule has 0 aliphatic heterocycles. The lowest BCUT2D eigenvalue weighted by molar-refractivity contribution is 0.737. The molecule has 0 aliphatic carbocycles. The zero-order valence-electron chi connectivity index (χ0n) is 12.0. The quantitative estimate of drug-likeness (QED) is 0.724. The predicted octanol–water partition coefficient (Wildman–Crippen LogP) is 4.72. The summed E-state index contributed by atoms with van der Waals surface area (Å²) < 4.78 is 0. The van der Waals surface area contributed by atoms with E-state index in [-0.39, 0.29) is 0 Å². The molecular formula is C16H25N. The van der Waals surface area contributed by atoms with Crippen molar-refractivity contribution in [3.8, 4) is 0 Å². The second-order valence-electron chi connectivity index (χ2n) is 5.41. The normalized spacial score (nSPS) is 11.1. The minimum absolute atomic E-state index is 0.474. The molecule has 0 saturated carbocycles. The molecule has 1 heteroatoms. The van der Waals surface area contributed by atoms with Crippen molar-refractivity contribution in [2.75, 3.05) is 11.9 Å². The lowest BCUT2D eigenvalue weighted by Crippen LogP contribution is -2.20. The molecule has 0 unspecified atom stereocenters. The van der Waals surface area contributed by atoms with Gasteiger partial charge >= 0.3 is 0 Å². The monoisotopic (exact) mass is 231 g/mol. The van der Waals surface area contributed by atoms with Crippen molar-refractivity contribution in [3.05, 3.63) is 41.6 Å². The Kier molecular flexibility index (Phi) is 4.39. The molecule has 0 spiro atoms. The number of nitrogens with zero attached hydrogens (tertiary/aromatic N) is 1. The van der Waals surface area contributed by atoms with E-state index in [1.807, 2.05) is 0 Å². The second-order valence-corrected chi connectivity index (χ2v) is 5.41. The largest absolute Gasteiger partial charge is 0.348 e. The number of hydrogen-bond donors (Lipinski definition) is 0. The molecule has 1 aromatic rings. The summed E-state index contributed by atoms with van der Waals surface area (Å²) >= 11 is 0. The molecular weight excluding hydrogens is 206 g/mol. The third-order valence-electron chi connectivity index (χ3n) is 3.36. The summed E-state index contributed by atoms with van der Waals surface area (Å²) in [5, 5.41) is 0. The van der Waals surface area contributed by atoms with E-state index in [1.165, 1.54) is 16.8 Å². The first-order chi connectivity index (χ1) is 7.84. The zero-order chi connectivity index (χ0) is 13.2. The van der Waals surface area contributed by atoms with Crippen LogP contribution in [0.2, 0.25) is 0 Å². The first-order valence-electron chi connectivity index (χ1n) is 6.37. The van der Waals surface area contributed by atoms with E-state index >= 15 is 0 Å². The van der Waals surface area contributed by atoms with Crippen LogP contribution in [0.1, 0.15) is 44.7 Å². The number of allylic oxidation sites excluding steroid dienone is 1. The predicted molar refractivity (Wildman–Crippen MR) is 77.6 cm³/mol. The van der Waals surface area contributed by atoms with Crippen LogP contribution in [0, 0.1) is 12.8 Å². The van der Waals surface area contributed by atoms with Crippen LogP contribution < -0.4 is 4.90 Å². The summed E-state index contributed by atoms with van der Waals surface area (Å²) in [6, 6.07) is 6.71. The van der Waals surface area contributed by atoms with Gasteiger partial charge in [-0.25, -0.2) is 0 Å². The van der Waals surface area contributed by atoms with Crippen LogP contribution in [0.5, 0.6) is 0 Å². The Labute approximate surface area is 106 Å². The average molecular weight is 231 g/mol. The van der Waals surface area contributed by atoms with Gasteiger partial charge in [0.15, 0.2) is 0 Å². The molecule has 94 valence electrons. The number of aryl methyl sites for hydroxylation is 1. The third kappa shape index (κ3) is 3.12. The van der Waals surface area contributed by atoms with Crippen LogP contribution in [0.4, 0.5) is 5.69 Å². The molecule has 1 nitrogen and oxygen atoms in total. The lowest BCUT2D eigenvalue weighted by Gasteiger charge is -2.27. The average Bonchev–Trinajstić information content (AvgIpc) is 2.27. The Bertz CT molecular complexity index is 402. The molecule has 0 saturated heterocycles. The maximum atomic E-state index is 4.17. The minimum atomic E-state index is 0.474. The Morgan fingerprint density at radius 3 is 2.24 bits per heavy atom. The molecule has 0 fully saturated rings. The Morgan fingerprint density at radius 1 is 1.18 bits per heavy atom. The van der Waals surface area contributed by atoms with Gasteiger partial charge in [-0.15, -0.1) is 0 Å². The Morgan fingerprint density at radius 2 is 1.76 bits per heavy atom. The lowest BCUT2D eigenvalue weighted by atomic mass is 9.99. The fraction of sp³-hybridized carbons (Fsp3) is 0.500. The smallest absolute Gasteiger partial charge is 0.0438 e. The van der Waals surface area contributed by atoms with Crippen LogP contribution in [-0.2, 0) is 0 Å². The van der Waals surface area contributed by atoms with Gasteiger partial charge < -0.3 is 4.90 Å². The molecule has 0 aromatic heterocycles. The van der Waals surface area contributed by atoms with E-state index in [4.69, 9.17) is 0 Å². The summed E-state index contributed by atoms with van der Waals surface area (Å²) in [5.41, 5.74) is 5.12. The van der Waals surface area contributed by atoms with Crippen molar-refractivity contribution in [3.63, 3.8) is 0 Å². The number of rotatable bonds is 4. The van der Waals surface area contributed by atoms with Crippen LogP contribution >= 0.6 is 0 Å². The first-order valence-corrected chi connectivity index (χ1v) is 6.37. The molecule has 0 N–H and O–H groups in total. The van der Waals surface area contributed by atoms with Gasteiger partial charge in [-0.1, -0.05) is 46.4 Å². The molecule has 0 heterocycles. The topological polar surface area (TPSA) is 3.24 Å². The summed E-state index contributed by atoms with van der Waals surface area (Å²) in [6.07, 6.45) is 0. The summed E-state index contributed by atoms with van der Waals surface area (Å²) in [7, 11) is 2.11. The second kappa shape index (κ2) is 5.39. The van der Waals surface area contributed by atoms with Gasteiger partial charge in [-0.05, 0) is 36.0 Å². The SMILES string of the molecule is C=C(C(C)C)N(C)c1cc(C(C)C)ccc1C. The molecule has 1 aromatic carbocycles. The third-order valence-corrected chi connectivity index (χ3v) is 3.36. The van der Waals surface area contributed by atoms with Crippen molar-refractivity contribution in [1.82, 2.24) is 0 Å². The van der Waals surface area contributed by atoms with Gasteiger partial charge in [-0.2, -0.15) is 0 Å². The Hall–Kier alpha value is -1.24. The van der Waals surface area contributed by atoms with Crippen molar-refractivity contribution in [1.29, 1.82) is 0 Å². The standard InChI is InChI=1S/C16H25N/c1-11(2)14(6)17(7)16-10-15(12(3)4)9-8-13(16)5/h8-12H,6H2,1-5,7H3. The summed E-state index contributed by atoms with van der Waals surface area (Å²) in [4.78, 5) is 2.21. The fourth-order valence-electron chi connectivity index (χ4n) is 1.89. The van der Waals surface area contributed by atoms with Crippen LogP contribution in [0.25, 0.3) is 0 Å². The Balaban J connectivity index is 3.12. The van der Waals surface area contributed by atoms with Crippen molar-refractivity contribution < 1.29 is 0 Å². The highest BCUT2D eigenvalue weighted by Crippen LogP contribution is 2.28. The molecule has 0 atom stereocenters. The van der Waals surface area contributed by atoms with Gasteiger partial charge in [-0.3, -0.25) is 0 Å². The number of anilines is 1. The van der Waals surface area contributed by atoms with Gasteiger partial charge in [0.05, 0.1) is 0 Å². The maximum absolute atomic E-state index is 4.17. The van der Waals surface area contributed by atoms with Crippen molar-refractivity contribution in [2.45, 2.75) is 40.5 Å². The first kappa shape index (κ1) is 13.8. The number of hydrogen-bond acceptors (Lipinski definition) is 1. The highest BCUT2D eigenvalue weighted by molar-refractivity contribution is 5.58. The van der Waals surface area contributed by atoms with E-state index in [0.29, 0.717) is 11.8 Å². The van der Waals surface area contributed by atoms with E-state index in [0.717, 1.165) is 5.70 Å². The molecule has 1 rings (SSSR count). The van der Waals surface area contributed by atoms with Crippen LogP contribution in [0.15, 0.2) is 30.5 Å². The van der Waals surface area contributed by atoms with E-state index in [1.54, 1.807) is 0 Å². The zero-order valence-corrected chi connectivity index (χ0v) is 12.0. The van der Waals surface area contributed by atoms with Gasteiger partial charge in [0.2, 0.25) is 0 Å². The van der Waals surface area contributed by atoms with Gasteiger partial charge in [0.1, 0.15) is 0 Å². The molecule has 0 bridgehead atoms. The van der Waals surface area contributed by atoms with Gasteiger partial charge in [0.25, 0.3) is 0 Å². The van der Waals surface area contributed by atoms with Crippen molar-refractivity contribution >= 4 is 5.69 Å².